The highest BCUT2D eigenvalue weighted by Crippen LogP contribution is 2.29. The highest BCUT2D eigenvalue weighted by Gasteiger charge is 2.50. The highest BCUT2D eigenvalue weighted by atomic mass is 16.6. The maximum absolute atomic E-state index is 13.7. The Morgan fingerprint density at radius 3 is 1.86 bits per heavy atom. The van der Waals surface area contributed by atoms with Gasteiger partial charge in [-0.25, -0.2) is 4.79 Å². The van der Waals surface area contributed by atoms with E-state index in [1.165, 1.54) is 12.1 Å². The molecule has 0 aliphatic carbocycles. The molecule has 15 nitrogen and oxygen atoms in total. The molecule has 1 fully saturated rings. The fourth-order valence-corrected chi connectivity index (χ4v) is 5.04. The van der Waals surface area contributed by atoms with E-state index in [1.54, 1.807) is 45.2 Å². The average molecular weight is 703 g/mol. The van der Waals surface area contributed by atoms with Crippen molar-refractivity contribution >= 4 is 29.5 Å². The lowest BCUT2D eigenvalue weighted by Crippen LogP contribution is -2.57. The summed E-state index contributed by atoms with van der Waals surface area (Å²) in [5.41, 5.74) is 0.440. The number of aromatic carboxylic acids is 1. The number of aryl methyl sites for hydroxylation is 2. The summed E-state index contributed by atoms with van der Waals surface area (Å²) in [6.45, 7) is 9.24. The molecule has 4 N–H and O–H groups in total. The van der Waals surface area contributed by atoms with Crippen molar-refractivity contribution in [3.63, 3.8) is 0 Å². The number of epoxide rings is 1. The lowest BCUT2D eigenvalue weighted by Gasteiger charge is -2.26. The Balaban J connectivity index is 0.000000563. The van der Waals surface area contributed by atoms with E-state index >= 15 is 0 Å². The lowest BCUT2D eigenvalue weighted by atomic mass is 9.93. The van der Waals surface area contributed by atoms with E-state index in [-0.39, 0.29) is 35.9 Å². The van der Waals surface area contributed by atoms with E-state index in [0.29, 0.717) is 30.2 Å². The fourth-order valence-electron chi connectivity index (χ4n) is 5.04. The number of nitrogens with one attached hydrogen (secondary N) is 3. The van der Waals surface area contributed by atoms with Crippen LogP contribution in [0.2, 0.25) is 0 Å². The van der Waals surface area contributed by atoms with Crippen molar-refractivity contribution in [2.75, 3.05) is 6.61 Å². The number of carbonyl (C=O) groups is 5. The van der Waals surface area contributed by atoms with E-state index in [2.05, 4.69) is 35.8 Å². The van der Waals surface area contributed by atoms with Gasteiger partial charge >= 0.3 is 5.97 Å². The Kier molecular flexibility index (Phi) is 12.9. The number of carboxylic acids is 1. The molecule has 3 amide bonds. The van der Waals surface area contributed by atoms with Crippen molar-refractivity contribution in [1.29, 1.82) is 0 Å². The van der Waals surface area contributed by atoms with Gasteiger partial charge in [0, 0.05) is 36.9 Å². The van der Waals surface area contributed by atoms with Crippen LogP contribution in [0, 0.1) is 19.8 Å². The van der Waals surface area contributed by atoms with Gasteiger partial charge in [0.15, 0.2) is 17.2 Å². The summed E-state index contributed by atoms with van der Waals surface area (Å²) in [6.07, 6.45) is 2.25. The number of aromatic nitrogens is 3. The molecule has 0 radical (unpaired) electrons. The standard InChI is InChI=1S/C31H37N5O6.C5H5NO3/c1-19(2)14-23(27(37)31(4)18-41-31)33-28(38)24(16-21-10-6-5-7-11-21)34-29(39)25(17-22-12-8-9-13-32-22)35-30(40)26-15-20(3)42-36-26;1-3-2-4(5(7)8)6-9-3/h5-13,15,19,23-25H,14,16-18H2,1-4H3,(H,33,38)(H,34,39)(H,35,40);2H,1H3,(H,7,8)/t23-,24-,25-,31+;/m0./s1. The van der Waals surface area contributed by atoms with Crippen LogP contribution in [0.25, 0.3) is 0 Å². The summed E-state index contributed by atoms with van der Waals surface area (Å²) in [6, 6.07) is 14.4. The molecule has 1 aromatic carbocycles. The SMILES string of the molecule is Cc1cc(C(=O)N[C@@H](Cc2ccccn2)C(=O)N[C@@H](Cc2ccccc2)C(=O)N[C@@H](CC(C)C)C(=O)[C@@]2(C)CO2)no1.Cc1cc(C(=O)O)no1. The third-order valence-corrected chi connectivity index (χ3v) is 7.82. The molecule has 0 saturated carbocycles. The first-order valence-corrected chi connectivity index (χ1v) is 16.4. The van der Waals surface area contributed by atoms with Gasteiger partial charge in [-0.05, 0) is 50.8 Å². The van der Waals surface area contributed by atoms with Crippen LogP contribution in [0.3, 0.4) is 0 Å². The van der Waals surface area contributed by atoms with Gasteiger partial charge in [0.2, 0.25) is 11.8 Å². The number of ketones is 1. The topological polar surface area (TPSA) is 219 Å². The Hall–Kier alpha value is -5.70. The third-order valence-electron chi connectivity index (χ3n) is 7.82. The molecule has 0 spiro atoms. The number of pyridine rings is 1. The molecular formula is C36H42N6O9. The second-order valence-electron chi connectivity index (χ2n) is 12.8. The first-order chi connectivity index (χ1) is 24.2. The number of carboxylic acid groups (broad SMARTS) is 1. The number of hydrogen-bond donors (Lipinski definition) is 4. The van der Waals surface area contributed by atoms with Crippen molar-refractivity contribution in [3.8, 4) is 0 Å². The van der Waals surface area contributed by atoms with Crippen LogP contribution >= 0.6 is 0 Å². The fraction of sp³-hybridized carbons (Fsp3) is 0.389. The number of ether oxygens (including phenoxy) is 1. The molecule has 5 rings (SSSR count). The molecule has 0 unspecified atom stereocenters. The van der Waals surface area contributed by atoms with E-state index in [9.17, 15) is 24.0 Å². The van der Waals surface area contributed by atoms with Gasteiger partial charge in [-0.15, -0.1) is 0 Å². The van der Waals surface area contributed by atoms with Gasteiger partial charge in [0.05, 0.1) is 12.6 Å². The van der Waals surface area contributed by atoms with Crippen molar-refractivity contribution in [2.45, 2.75) is 77.6 Å². The van der Waals surface area contributed by atoms with Crippen molar-refractivity contribution in [1.82, 2.24) is 31.2 Å². The van der Waals surface area contributed by atoms with E-state index in [0.717, 1.165) is 5.56 Å². The Bertz CT molecular complexity index is 1800. The molecule has 4 atom stereocenters. The quantitative estimate of drug-likeness (QED) is 0.131. The van der Waals surface area contributed by atoms with Crippen molar-refractivity contribution in [3.05, 3.63) is 101 Å². The van der Waals surface area contributed by atoms with Gasteiger partial charge in [-0.1, -0.05) is 60.6 Å². The minimum atomic E-state index is -1.08. The van der Waals surface area contributed by atoms with Gasteiger partial charge < -0.3 is 34.8 Å². The maximum Gasteiger partial charge on any atom is 0.358 e. The van der Waals surface area contributed by atoms with Crippen molar-refractivity contribution < 1.29 is 42.9 Å². The first kappa shape index (κ1) is 38.1. The Labute approximate surface area is 294 Å². The molecule has 4 heterocycles. The summed E-state index contributed by atoms with van der Waals surface area (Å²) in [7, 11) is 0. The molecule has 1 saturated heterocycles. The van der Waals surface area contributed by atoms with Crippen LogP contribution in [0.15, 0.2) is 75.9 Å². The minimum Gasteiger partial charge on any atom is -0.476 e. The molecule has 3 aromatic heterocycles. The molecule has 51 heavy (non-hydrogen) atoms. The number of benzene rings is 1. The molecule has 4 aromatic rings. The minimum absolute atomic E-state index is 0.0238. The summed E-state index contributed by atoms with van der Waals surface area (Å²) < 4.78 is 14.9. The van der Waals surface area contributed by atoms with Gasteiger partial charge in [0.25, 0.3) is 5.91 Å². The number of nitrogens with zero attached hydrogens (tertiary/aromatic N) is 3. The predicted molar refractivity (Wildman–Crippen MR) is 181 cm³/mol. The van der Waals surface area contributed by atoms with Gasteiger partial charge in [-0.3, -0.25) is 24.2 Å². The zero-order valence-corrected chi connectivity index (χ0v) is 29.0. The van der Waals surface area contributed by atoms with E-state index < -0.39 is 47.4 Å². The number of amides is 3. The Morgan fingerprint density at radius 2 is 1.37 bits per heavy atom. The second kappa shape index (κ2) is 17.3. The number of rotatable bonds is 15. The number of carbonyl (C=O) groups excluding carboxylic acids is 4. The zero-order chi connectivity index (χ0) is 37.1. The second-order valence-corrected chi connectivity index (χ2v) is 12.8. The van der Waals surface area contributed by atoms with Crippen LogP contribution in [0.1, 0.15) is 70.9 Å². The summed E-state index contributed by atoms with van der Waals surface area (Å²) in [5.74, 6) is -1.88. The molecule has 0 bridgehead atoms. The summed E-state index contributed by atoms with van der Waals surface area (Å²) in [4.78, 5) is 67.9. The van der Waals surface area contributed by atoms with E-state index in [1.807, 2.05) is 44.2 Å². The molecule has 270 valence electrons. The third kappa shape index (κ3) is 11.4. The number of Topliss-reactive ketones (excluding diaryl/α,β-unsaturated/α-hetero) is 1. The molecule has 1 aliphatic heterocycles. The van der Waals surface area contributed by atoms with Crippen LogP contribution in [0.5, 0.6) is 0 Å². The maximum atomic E-state index is 13.7. The molecule has 1 aliphatic rings. The van der Waals surface area contributed by atoms with Gasteiger partial charge in [0.1, 0.15) is 29.2 Å². The van der Waals surface area contributed by atoms with Crippen LogP contribution in [-0.4, -0.2) is 80.2 Å². The normalized spacial score (nSPS) is 16.5. The lowest BCUT2D eigenvalue weighted by molar-refractivity contribution is -0.133. The Morgan fingerprint density at radius 1 is 0.804 bits per heavy atom. The monoisotopic (exact) mass is 702 g/mol. The predicted octanol–water partition coefficient (Wildman–Crippen LogP) is 3.02. The van der Waals surface area contributed by atoms with Crippen LogP contribution < -0.4 is 16.0 Å². The summed E-state index contributed by atoms with van der Waals surface area (Å²) >= 11 is 0. The van der Waals surface area contributed by atoms with Gasteiger partial charge in [-0.2, -0.15) is 0 Å². The largest absolute Gasteiger partial charge is 0.476 e. The van der Waals surface area contributed by atoms with E-state index in [4.69, 9.17) is 14.4 Å². The first-order valence-electron chi connectivity index (χ1n) is 16.4. The van der Waals surface area contributed by atoms with Crippen molar-refractivity contribution in [2.24, 2.45) is 5.92 Å². The van der Waals surface area contributed by atoms with Crippen LogP contribution in [0.4, 0.5) is 0 Å². The summed E-state index contributed by atoms with van der Waals surface area (Å²) in [5, 5.41) is 23.6. The molecule has 15 heteroatoms. The highest BCUT2D eigenvalue weighted by molar-refractivity contribution is 5.99. The van der Waals surface area contributed by atoms with Crippen LogP contribution in [-0.2, 0) is 32.0 Å². The average Bonchev–Trinajstić information content (AvgIpc) is 3.44. The smallest absolute Gasteiger partial charge is 0.358 e. The zero-order valence-electron chi connectivity index (χ0n) is 29.0. The number of hydrogen-bond acceptors (Lipinski definition) is 11. The molecular weight excluding hydrogens is 660 g/mol.